The number of alkyl halides is 1. The molecular weight excluding hydrogens is 210 g/mol. The third-order valence-electron chi connectivity index (χ3n) is 2.29. The maximum Gasteiger partial charge on any atom is 0.215 e. The molecule has 0 saturated carbocycles. The molecule has 1 aliphatic heterocycles. The van der Waals surface area contributed by atoms with Crippen molar-refractivity contribution in [3.05, 3.63) is 0 Å². The van der Waals surface area contributed by atoms with Gasteiger partial charge in [0.1, 0.15) is 0 Å². The zero-order valence-corrected chi connectivity index (χ0v) is 9.28. The molecule has 0 bridgehead atoms. The molecule has 1 heterocycles. The highest BCUT2D eigenvalue weighted by Gasteiger charge is 2.21. The van der Waals surface area contributed by atoms with Crippen LogP contribution >= 0.6 is 11.6 Å². The lowest BCUT2D eigenvalue weighted by Gasteiger charge is -2.18. The zero-order chi connectivity index (χ0) is 9.73. The van der Waals surface area contributed by atoms with Gasteiger partial charge in [0.15, 0.2) is 0 Å². The van der Waals surface area contributed by atoms with E-state index in [2.05, 4.69) is 0 Å². The van der Waals surface area contributed by atoms with Crippen LogP contribution < -0.4 is 0 Å². The van der Waals surface area contributed by atoms with Crippen molar-refractivity contribution in [2.24, 2.45) is 0 Å². The number of rotatable bonds is 3. The second kappa shape index (κ2) is 5.17. The molecule has 0 N–H and O–H groups in total. The Kier molecular flexibility index (Phi) is 4.49. The van der Waals surface area contributed by atoms with E-state index < -0.39 is 10.0 Å². The van der Waals surface area contributed by atoms with E-state index in [1.165, 1.54) is 0 Å². The smallest absolute Gasteiger partial charge is 0.212 e. The average molecular weight is 226 g/mol. The summed E-state index contributed by atoms with van der Waals surface area (Å²) >= 11 is 5.44. The van der Waals surface area contributed by atoms with Crippen molar-refractivity contribution in [3.63, 3.8) is 0 Å². The van der Waals surface area contributed by atoms with E-state index in [4.69, 9.17) is 11.6 Å². The minimum absolute atomic E-state index is 0.0779. The van der Waals surface area contributed by atoms with Crippen molar-refractivity contribution >= 4 is 21.6 Å². The van der Waals surface area contributed by atoms with Gasteiger partial charge in [0.25, 0.3) is 0 Å². The minimum atomic E-state index is -3.06. The Labute approximate surface area is 85.1 Å². The van der Waals surface area contributed by atoms with Crippen molar-refractivity contribution in [2.45, 2.75) is 25.7 Å². The molecular formula is C8H16ClNO2S. The summed E-state index contributed by atoms with van der Waals surface area (Å²) in [6, 6.07) is 0. The van der Waals surface area contributed by atoms with Crippen LogP contribution in [0.5, 0.6) is 0 Å². The molecule has 1 rings (SSSR count). The van der Waals surface area contributed by atoms with Gasteiger partial charge >= 0.3 is 0 Å². The number of hydrogen-bond donors (Lipinski definition) is 0. The zero-order valence-electron chi connectivity index (χ0n) is 7.71. The molecule has 13 heavy (non-hydrogen) atoms. The molecule has 0 aromatic carbocycles. The van der Waals surface area contributed by atoms with Gasteiger partial charge in [0.05, 0.1) is 5.75 Å². The highest BCUT2D eigenvalue weighted by atomic mass is 35.5. The summed E-state index contributed by atoms with van der Waals surface area (Å²) < 4.78 is 24.7. The monoisotopic (exact) mass is 225 g/mol. The molecule has 3 nitrogen and oxygen atoms in total. The first kappa shape index (κ1) is 11.3. The standard InChI is InChI=1S/C8H16ClNO2S/c9-5-8-13(11,12)10-6-3-1-2-4-7-10/h1-8H2. The van der Waals surface area contributed by atoms with Gasteiger partial charge in [0.2, 0.25) is 10.0 Å². The second-order valence-electron chi connectivity index (χ2n) is 3.32. The van der Waals surface area contributed by atoms with E-state index in [0.717, 1.165) is 25.7 Å². The van der Waals surface area contributed by atoms with Crippen LogP contribution in [-0.4, -0.2) is 37.4 Å². The van der Waals surface area contributed by atoms with E-state index >= 15 is 0 Å². The van der Waals surface area contributed by atoms with E-state index in [-0.39, 0.29) is 11.6 Å². The maximum atomic E-state index is 11.6. The second-order valence-corrected chi connectivity index (χ2v) is 5.78. The molecule has 0 radical (unpaired) electrons. The molecule has 0 aromatic heterocycles. The number of sulfonamides is 1. The van der Waals surface area contributed by atoms with Gasteiger partial charge in [-0.25, -0.2) is 12.7 Å². The number of hydrogen-bond acceptors (Lipinski definition) is 2. The van der Waals surface area contributed by atoms with Crippen LogP contribution in [0.1, 0.15) is 25.7 Å². The minimum Gasteiger partial charge on any atom is -0.212 e. The largest absolute Gasteiger partial charge is 0.215 e. The van der Waals surface area contributed by atoms with Crippen LogP contribution in [0, 0.1) is 0 Å². The van der Waals surface area contributed by atoms with Crippen molar-refractivity contribution in [3.8, 4) is 0 Å². The normalized spacial score (nSPS) is 21.3. The fraction of sp³-hybridized carbons (Fsp3) is 1.00. The van der Waals surface area contributed by atoms with Crippen LogP contribution in [0.15, 0.2) is 0 Å². The van der Waals surface area contributed by atoms with Gasteiger partial charge in [-0.15, -0.1) is 11.6 Å². The van der Waals surface area contributed by atoms with Crippen molar-refractivity contribution < 1.29 is 8.42 Å². The molecule has 0 unspecified atom stereocenters. The Balaban J connectivity index is 2.57. The molecule has 0 spiro atoms. The summed E-state index contributed by atoms with van der Waals surface area (Å²) in [4.78, 5) is 0. The Morgan fingerprint density at radius 2 is 1.62 bits per heavy atom. The highest BCUT2D eigenvalue weighted by Crippen LogP contribution is 2.13. The molecule has 0 atom stereocenters. The maximum absolute atomic E-state index is 11.6. The van der Waals surface area contributed by atoms with E-state index in [1.54, 1.807) is 4.31 Å². The molecule has 1 aliphatic rings. The van der Waals surface area contributed by atoms with Crippen molar-refractivity contribution in [1.82, 2.24) is 4.31 Å². The molecule has 1 saturated heterocycles. The summed E-state index contributed by atoms with van der Waals surface area (Å²) in [7, 11) is -3.06. The van der Waals surface area contributed by atoms with Crippen LogP contribution in [0.2, 0.25) is 0 Å². The lowest BCUT2D eigenvalue weighted by molar-refractivity contribution is 0.425. The van der Waals surface area contributed by atoms with E-state index in [0.29, 0.717) is 13.1 Å². The third kappa shape index (κ3) is 3.44. The third-order valence-corrected chi connectivity index (χ3v) is 4.58. The first-order valence-corrected chi connectivity index (χ1v) is 6.85. The summed E-state index contributed by atoms with van der Waals surface area (Å²) in [5.41, 5.74) is 0. The average Bonchev–Trinajstić information content (AvgIpc) is 2.31. The first-order valence-electron chi connectivity index (χ1n) is 4.70. The topological polar surface area (TPSA) is 37.4 Å². The van der Waals surface area contributed by atoms with Gasteiger partial charge in [-0.3, -0.25) is 0 Å². The summed E-state index contributed by atoms with van der Waals surface area (Å²) in [5, 5.41) is 0. The fourth-order valence-electron chi connectivity index (χ4n) is 1.55. The highest BCUT2D eigenvalue weighted by molar-refractivity contribution is 7.89. The van der Waals surface area contributed by atoms with Gasteiger partial charge in [-0.2, -0.15) is 0 Å². The van der Waals surface area contributed by atoms with Crippen LogP contribution in [-0.2, 0) is 10.0 Å². The molecule has 0 aliphatic carbocycles. The Morgan fingerprint density at radius 3 is 2.08 bits per heavy atom. The number of nitrogens with zero attached hydrogens (tertiary/aromatic N) is 1. The van der Waals surface area contributed by atoms with E-state index in [1.807, 2.05) is 0 Å². The lowest BCUT2D eigenvalue weighted by atomic mass is 10.2. The van der Waals surface area contributed by atoms with E-state index in [9.17, 15) is 8.42 Å². The predicted octanol–water partition coefficient (Wildman–Crippen LogP) is 1.43. The van der Waals surface area contributed by atoms with Crippen LogP contribution in [0.3, 0.4) is 0 Å². The van der Waals surface area contributed by atoms with Gasteiger partial charge in [0, 0.05) is 19.0 Å². The SMILES string of the molecule is O=S(=O)(CCCl)N1CCCCCC1. The molecule has 78 valence electrons. The van der Waals surface area contributed by atoms with Crippen LogP contribution in [0.4, 0.5) is 0 Å². The summed E-state index contributed by atoms with van der Waals surface area (Å²) in [5.74, 6) is 0.271. The summed E-state index contributed by atoms with van der Waals surface area (Å²) in [6.45, 7) is 1.36. The molecule has 1 fully saturated rings. The fourth-order valence-corrected chi connectivity index (χ4v) is 3.40. The quantitative estimate of drug-likeness (QED) is 0.682. The molecule has 5 heteroatoms. The van der Waals surface area contributed by atoms with Gasteiger partial charge < -0.3 is 0 Å². The first-order chi connectivity index (χ1) is 6.17. The Hall–Kier alpha value is 0.200. The predicted molar refractivity (Wildman–Crippen MR) is 54.5 cm³/mol. The molecule has 0 aromatic rings. The van der Waals surface area contributed by atoms with Gasteiger partial charge in [-0.05, 0) is 12.8 Å². The van der Waals surface area contributed by atoms with Crippen LogP contribution in [0.25, 0.3) is 0 Å². The summed E-state index contributed by atoms with van der Waals surface area (Å²) in [6.07, 6.45) is 4.27. The Bertz CT molecular complexity index is 233. The van der Waals surface area contributed by atoms with Crippen molar-refractivity contribution in [1.29, 1.82) is 0 Å². The van der Waals surface area contributed by atoms with Gasteiger partial charge in [-0.1, -0.05) is 12.8 Å². The molecule has 0 amide bonds. The number of halogens is 1. The van der Waals surface area contributed by atoms with Crippen molar-refractivity contribution in [2.75, 3.05) is 24.7 Å². The Morgan fingerprint density at radius 1 is 1.08 bits per heavy atom. The lowest BCUT2D eigenvalue weighted by Crippen LogP contribution is -2.34.